The summed E-state index contributed by atoms with van der Waals surface area (Å²) < 4.78 is 32.4. The highest BCUT2D eigenvalue weighted by Crippen LogP contribution is 2.27. The molecule has 0 saturated carbocycles. The van der Waals surface area contributed by atoms with Crippen molar-refractivity contribution in [2.75, 3.05) is 14.2 Å². The van der Waals surface area contributed by atoms with Gasteiger partial charge in [-0.2, -0.15) is 0 Å². The highest BCUT2D eigenvalue weighted by atomic mass is 19.1. The third-order valence-corrected chi connectivity index (χ3v) is 2.88. The molecule has 0 spiro atoms. The Hall–Kier alpha value is -1.94. The fraction of sp³-hybridized carbons (Fsp3) is 0.200. The number of halogens is 2. The van der Waals surface area contributed by atoms with E-state index in [9.17, 15) is 8.78 Å². The highest BCUT2D eigenvalue weighted by molar-refractivity contribution is 5.65. The van der Waals surface area contributed by atoms with Gasteiger partial charge >= 0.3 is 0 Å². The Bertz CT molecular complexity index is 584. The molecule has 2 aromatic rings. The van der Waals surface area contributed by atoms with Gasteiger partial charge in [-0.3, -0.25) is 0 Å². The summed E-state index contributed by atoms with van der Waals surface area (Å²) in [6, 6.07) is 9.33. The molecular formula is C15H15F2NO. The number of rotatable bonds is 4. The van der Waals surface area contributed by atoms with Gasteiger partial charge in [-0.05, 0) is 36.4 Å². The molecule has 0 atom stereocenters. The zero-order chi connectivity index (χ0) is 13.8. The Balaban J connectivity index is 2.39. The third kappa shape index (κ3) is 2.90. The topological polar surface area (TPSA) is 21.3 Å². The van der Waals surface area contributed by atoms with Gasteiger partial charge in [-0.15, -0.1) is 0 Å². The second-order valence-electron chi connectivity index (χ2n) is 4.19. The van der Waals surface area contributed by atoms with E-state index in [1.54, 1.807) is 19.2 Å². The summed E-state index contributed by atoms with van der Waals surface area (Å²) in [5, 5.41) is 2.95. The lowest BCUT2D eigenvalue weighted by Crippen LogP contribution is -2.05. The predicted octanol–water partition coefficient (Wildman–Crippen LogP) is 3.36. The van der Waals surface area contributed by atoms with E-state index in [2.05, 4.69) is 5.32 Å². The Morgan fingerprint density at radius 3 is 2.42 bits per heavy atom. The van der Waals surface area contributed by atoms with E-state index < -0.39 is 5.82 Å². The molecule has 0 heterocycles. The average Bonchev–Trinajstić information content (AvgIpc) is 2.39. The van der Waals surface area contributed by atoms with E-state index in [-0.39, 0.29) is 11.6 Å². The predicted molar refractivity (Wildman–Crippen MR) is 71.1 cm³/mol. The number of ether oxygens (including phenoxy) is 1. The summed E-state index contributed by atoms with van der Waals surface area (Å²) in [6.07, 6.45) is 0. The summed E-state index contributed by atoms with van der Waals surface area (Å²) in [5.41, 5.74) is 1.71. The van der Waals surface area contributed by atoms with Crippen molar-refractivity contribution in [1.82, 2.24) is 5.32 Å². The molecule has 0 bridgehead atoms. The van der Waals surface area contributed by atoms with Crippen molar-refractivity contribution in [3.63, 3.8) is 0 Å². The first-order valence-corrected chi connectivity index (χ1v) is 5.92. The number of hydrogen-bond acceptors (Lipinski definition) is 2. The lowest BCUT2D eigenvalue weighted by Gasteiger charge is -2.08. The zero-order valence-electron chi connectivity index (χ0n) is 10.8. The van der Waals surface area contributed by atoms with Crippen molar-refractivity contribution >= 4 is 0 Å². The molecule has 1 N–H and O–H groups in total. The number of benzene rings is 2. The minimum atomic E-state index is -0.501. The smallest absolute Gasteiger partial charge is 0.165 e. The minimum Gasteiger partial charge on any atom is -0.494 e. The molecule has 0 amide bonds. The van der Waals surface area contributed by atoms with Crippen molar-refractivity contribution in [3.8, 4) is 16.9 Å². The van der Waals surface area contributed by atoms with Gasteiger partial charge in [0, 0.05) is 12.1 Å². The van der Waals surface area contributed by atoms with Gasteiger partial charge in [0.15, 0.2) is 11.6 Å². The fourth-order valence-corrected chi connectivity index (χ4v) is 1.94. The molecule has 0 aliphatic heterocycles. The SMILES string of the molecule is CNCc1ccc(-c2ccc(OC)c(F)c2)c(F)c1. The normalized spacial score (nSPS) is 10.5. The van der Waals surface area contributed by atoms with E-state index in [4.69, 9.17) is 4.74 Å². The second-order valence-corrected chi connectivity index (χ2v) is 4.19. The van der Waals surface area contributed by atoms with Crippen LogP contribution in [-0.2, 0) is 6.54 Å². The van der Waals surface area contributed by atoms with Crippen LogP contribution < -0.4 is 10.1 Å². The highest BCUT2D eigenvalue weighted by Gasteiger charge is 2.09. The van der Waals surface area contributed by atoms with Crippen LogP contribution in [-0.4, -0.2) is 14.2 Å². The fourth-order valence-electron chi connectivity index (χ4n) is 1.94. The Morgan fingerprint density at radius 2 is 1.84 bits per heavy atom. The van der Waals surface area contributed by atoms with Gasteiger partial charge in [-0.1, -0.05) is 18.2 Å². The standard InChI is InChI=1S/C15H15F2NO/c1-18-9-10-3-5-12(13(16)7-10)11-4-6-15(19-2)14(17)8-11/h3-8,18H,9H2,1-2H3. The van der Waals surface area contributed by atoms with Crippen molar-refractivity contribution < 1.29 is 13.5 Å². The van der Waals surface area contributed by atoms with E-state index in [0.29, 0.717) is 17.7 Å². The van der Waals surface area contributed by atoms with Crippen molar-refractivity contribution in [2.45, 2.75) is 6.54 Å². The van der Waals surface area contributed by atoms with Gasteiger partial charge in [-0.25, -0.2) is 8.78 Å². The Labute approximate surface area is 111 Å². The molecule has 100 valence electrons. The van der Waals surface area contributed by atoms with E-state index in [0.717, 1.165) is 5.56 Å². The largest absolute Gasteiger partial charge is 0.494 e. The third-order valence-electron chi connectivity index (χ3n) is 2.88. The van der Waals surface area contributed by atoms with Crippen LogP contribution in [0.25, 0.3) is 11.1 Å². The van der Waals surface area contributed by atoms with Crippen LogP contribution >= 0.6 is 0 Å². The molecule has 19 heavy (non-hydrogen) atoms. The number of nitrogens with one attached hydrogen (secondary N) is 1. The van der Waals surface area contributed by atoms with Gasteiger partial charge in [0.25, 0.3) is 0 Å². The summed E-state index contributed by atoms with van der Waals surface area (Å²) in [4.78, 5) is 0. The lowest BCUT2D eigenvalue weighted by atomic mass is 10.0. The van der Waals surface area contributed by atoms with Crippen LogP contribution in [0, 0.1) is 11.6 Å². The molecule has 2 rings (SSSR count). The van der Waals surface area contributed by atoms with E-state index in [1.165, 1.54) is 25.3 Å². The molecule has 0 unspecified atom stereocenters. The maximum atomic E-state index is 14.0. The van der Waals surface area contributed by atoms with Crippen LogP contribution in [0.4, 0.5) is 8.78 Å². The van der Waals surface area contributed by atoms with Gasteiger partial charge in [0.1, 0.15) is 5.82 Å². The van der Waals surface area contributed by atoms with Gasteiger partial charge in [0.05, 0.1) is 7.11 Å². The van der Waals surface area contributed by atoms with Crippen molar-refractivity contribution in [1.29, 1.82) is 0 Å². The zero-order valence-corrected chi connectivity index (χ0v) is 10.8. The van der Waals surface area contributed by atoms with E-state index in [1.807, 2.05) is 6.07 Å². The molecular weight excluding hydrogens is 248 g/mol. The lowest BCUT2D eigenvalue weighted by molar-refractivity contribution is 0.386. The minimum absolute atomic E-state index is 0.149. The summed E-state index contributed by atoms with van der Waals surface area (Å²) >= 11 is 0. The maximum Gasteiger partial charge on any atom is 0.165 e. The van der Waals surface area contributed by atoms with Crippen LogP contribution in [0.2, 0.25) is 0 Å². The first kappa shape index (κ1) is 13.5. The molecule has 0 aliphatic rings. The molecule has 2 aromatic carbocycles. The number of hydrogen-bond donors (Lipinski definition) is 1. The molecule has 0 saturated heterocycles. The Kier molecular flexibility index (Phi) is 4.12. The van der Waals surface area contributed by atoms with Gasteiger partial charge in [0.2, 0.25) is 0 Å². The summed E-state index contributed by atoms with van der Waals surface area (Å²) in [7, 11) is 3.19. The summed E-state index contributed by atoms with van der Waals surface area (Å²) in [6.45, 7) is 0.591. The van der Waals surface area contributed by atoms with Crippen LogP contribution in [0.5, 0.6) is 5.75 Å². The van der Waals surface area contributed by atoms with Crippen LogP contribution in [0.1, 0.15) is 5.56 Å². The first-order valence-electron chi connectivity index (χ1n) is 5.92. The Morgan fingerprint density at radius 1 is 1.05 bits per heavy atom. The molecule has 4 heteroatoms. The first-order chi connectivity index (χ1) is 9.15. The maximum absolute atomic E-state index is 14.0. The van der Waals surface area contributed by atoms with Crippen LogP contribution in [0.3, 0.4) is 0 Å². The summed E-state index contributed by atoms with van der Waals surface area (Å²) in [5.74, 6) is -0.716. The van der Waals surface area contributed by atoms with Crippen molar-refractivity contribution in [2.24, 2.45) is 0 Å². The molecule has 0 fully saturated rings. The van der Waals surface area contributed by atoms with Gasteiger partial charge < -0.3 is 10.1 Å². The molecule has 0 aliphatic carbocycles. The second kappa shape index (κ2) is 5.80. The van der Waals surface area contributed by atoms with Crippen molar-refractivity contribution in [3.05, 3.63) is 53.6 Å². The van der Waals surface area contributed by atoms with Crippen LogP contribution in [0.15, 0.2) is 36.4 Å². The van der Waals surface area contributed by atoms with E-state index >= 15 is 0 Å². The molecule has 0 radical (unpaired) electrons. The number of methoxy groups -OCH3 is 1. The molecule has 2 nitrogen and oxygen atoms in total. The average molecular weight is 263 g/mol. The monoisotopic (exact) mass is 263 g/mol. The molecule has 0 aromatic heterocycles. The quantitative estimate of drug-likeness (QED) is 0.913.